The van der Waals surface area contributed by atoms with Crippen LogP contribution in [0.1, 0.15) is 24.3 Å². The zero-order valence-electron chi connectivity index (χ0n) is 9.81. The summed E-state index contributed by atoms with van der Waals surface area (Å²) in [5.74, 6) is 0.353. The van der Waals surface area contributed by atoms with Crippen molar-refractivity contribution >= 4 is 22.9 Å². The summed E-state index contributed by atoms with van der Waals surface area (Å²) in [5.41, 5.74) is 6.34. The van der Waals surface area contributed by atoms with E-state index in [0.29, 0.717) is 11.3 Å². The first-order valence-corrected chi connectivity index (χ1v) is 5.88. The van der Waals surface area contributed by atoms with Crippen LogP contribution in [0, 0.1) is 5.82 Å². The number of hydrogen-bond acceptors (Lipinski definition) is 3. The maximum absolute atomic E-state index is 13.8. The van der Waals surface area contributed by atoms with Gasteiger partial charge < -0.3 is 15.5 Å². The Hall–Kier alpha value is -1.88. The lowest BCUT2D eigenvalue weighted by atomic mass is 10.1. The Kier molecular flexibility index (Phi) is 3.62. The maximum Gasteiger partial charge on any atom is 0.147 e. The van der Waals surface area contributed by atoms with Crippen LogP contribution >= 0.6 is 12.2 Å². The molecular weight excluding hydrogens is 251 g/mol. The molecule has 0 aliphatic heterocycles. The van der Waals surface area contributed by atoms with Gasteiger partial charge in [-0.05, 0) is 37.3 Å². The smallest absolute Gasteiger partial charge is 0.147 e. The van der Waals surface area contributed by atoms with Crippen molar-refractivity contribution in [2.45, 2.75) is 13.0 Å². The first-order chi connectivity index (χ1) is 8.58. The molecule has 0 fully saturated rings. The van der Waals surface area contributed by atoms with Crippen LogP contribution in [0.4, 0.5) is 10.1 Å². The molecule has 0 aliphatic carbocycles. The van der Waals surface area contributed by atoms with Crippen LogP contribution in [0.25, 0.3) is 0 Å². The Balaban J connectivity index is 2.17. The van der Waals surface area contributed by atoms with Gasteiger partial charge in [-0.2, -0.15) is 0 Å². The topological polar surface area (TPSA) is 51.2 Å². The average molecular weight is 264 g/mol. The number of anilines is 1. The van der Waals surface area contributed by atoms with Crippen molar-refractivity contribution in [3.05, 3.63) is 53.7 Å². The molecule has 2 rings (SSSR count). The Bertz CT molecular complexity index is 554. The molecule has 0 saturated heterocycles. The third kappa shape index (κ3) is 2.68. The molecule has 0 bridgehead atoms. The minimum Gasteiger partial charge on any atom is -0.467 e. The monoisotopic (exact) mass is 264 g/mol. The number of hydrogen-bond donors (Lipinski definition) is 2. The van der Waals surface area contributed by atoms with Gasteiger partial charge in [0.1, 0.15) is 16.6 Å². The van der Waals surface area contributed by atoms with Crippen molar-refractivity contribution in [2.24, 2.45) is 5.73 Å². The molecule has 94 valence electrons. The highest BCUT2D eigenvalue weighted by molar-refractivity contribution is 7.80. The summed E-state index contributed by atoms with van der Waals surface area (Å²) in [4.78, 5) is 0.180. The number of thiocarbonyl (C=S) groups is 1. The van der Waals surface area contributed by atoms with Crippen molar-refractivity contribution in [2.75, 3.05) is 5.32 Å². The standard InChI is InChI=1S/C13H13FN2OS/c1-8(12-3-2-6-17-12)16-11-5-4-9(13(15)18)7-10(11)14/h2-8,16H,1H3,(H2,15,18). The van der Waals surface area contributed by atoms with Crippen LogP contribution in [0.3, 0.4) is 0 Å². The van der Waals surface area contributed by atoms with E-state index in [1.165, 1.54) is 6.07 Å². The summed E-state index contributed by atoms with van der Waals surface area (Å²) in [6.07, 6.45) is 1.58. The largest absolute Gasteiger partial charge is 0.467 e. The van der Waals surface area contributed by atoms with Crippen molar-refractivity contribution < 1.29 is 8.81 Å². The molecule has 1 heterocycles. The molecule has 0 amide bonds. The highest BCUT2D eigenvalue weighted by Gasteiger charge is 2.11. The molecular formula is C13H13FN2OS. The Morgan fingerprint density at radius 3 is 2.78 bits per heavy atom. The second-order valence-electron chi connectivity index (χ2n) is 3.94. The lowest BCUT2D eigenvalue weighted by molar-refractivity contribution is 0.489. The molecule has 1 aromatic carbocycles. The third-order valence-corrected chi connectivity index (χ3v) is 2.83. The second-order valence-corrected chi connectivity index (χ2v) is 4.38. The lowest BCUT2D eigenvalue weighted by Crippen LogP contribution is -2.11. The van der Waals surface area contributed by atoms with E-state index in [9.17, 15) is 4.39 Å². The molecule has 5 heteroatoms. The predicted octanol–water partition coefficient (Wildman–Crippen LogP) is 3.23. The number of rotatable bonds is 4. The molecule has 3 nitrogen and oxygen atoms in total. The Morgan fingerprint density at radius 2 is 2.22 bits per heavy atom. The summed E-state index contributed by atoms with van der Waals surface area (Å²) < 4.78 is 19.0. The maximum atomic E-state index is 13.8. The third-order valence-electron chi connectivity index (χ3n) is 2.60. The van der Waals surface area contributed by atoms with Gasteiger partial charge in [-0.3, -0.25) is 0 Å². The zero-order chi connectivity index (χ0) is 13.1. The minimum atomic E-state index is -0.390. The summed E-state index contributed by atoms with van der Waals surface area (Å²) in [5, 5.41) is 3.03. The van der Waals surface area contributed by atoms with Crippen LogP contribution in [-0.2, 0) is 0 Å². The van der Waals surface area contributed by atoms with Gasteiger partial charge in [0.05, 0.1) is 18.0 Å². The molecule has 1 atom stereocenters. The van der Waals surface area contributed by atoms with Gasteiger partial charge in [-0.1, -0.05) is 12.2 Å². The van der Waals surface area contributed by atoms with Crippen LogP contribution in [0.2, 0.25) is 0 Å². The quantitative estimate of drug-likeness (QED) is 0.832. The normalized spacial score (nSPS) is 12.1. The summed E-state index contributed by atoms with van der Waals surface area (Å²) in [6, 6.07) is 8.12. The number of halogens is 1. The fourth-order valence-corrected chi connectivity index (χ4v) is 1.75. The average Bonchev–Trinajstić information content (AvgIpc) is 2.85. The second kappa shape index (κ2) is 5.18. The zero-order valence-corrected chi connectivity index (χ0v) is 10.6. The van der Waals surface area contributed by atoms with E-state index in [1.807, 2.05) is 13.0 Å². The number of furan rings is 1. The molecule has 0 saturated carbocycles. The van der Waals surface area contributed by atoms with Gasteiger partial charge in [-0.25, -0.2) is 4.39 Å². The summed E-state index contributed by atoms with van der Waals surface area (Å²) in [7, 11) is 0. The van der Waals surface area contributed by atoms with E-state index in [-0.39, 0.29) is 11.0 Å². The van der Waals surface area contributed by atoms with Crippen LogP contribution < -0.4 is 11.1 Å². The Labute approximate surface area is 110 Å². The molecule has 18 heavy (non-hydrogen) atoms. The van der Waals surface area contributed by atoms with Crippen LogP contribution in [-0.4, -0.2) is 4.99 Å². The van der Waals surface area contributed by atoms with Gasteiger partial charge >= 0.3 is 0 Å². The van der Waals surface area contributed by atoms with Gasteiger partial charge in [0.25, 0.3) is 0 Å². The van der Waals surface area contributed by atoms with Crippen LogP contribution in [0.15, 0.2) is 41.0 Å². The minimum absolute atomic E-state index is 0.120. The van der Waals surface area contributed by atoms with Gasteiger partial charge in [0.2, 0.25) is 0 Å². The molecule has 0 spiro atoms. The van der Waals surface area contributed by atoms with Crippen molar-refractivity contribution in [1.82, 2.24) is 0 Å². The van der Waals surface area contributed by atoms with Gasteiger partial charge in [-0.15, -0.1) is 0 Å². The molecule has 1 unspecified atom stereocenters. The predicted molar refractivity (Wildman–Crippen MR) is 73.0 cm³/mol. The molecule has 3 N–H and O–H groups in total. The number of nitrogens with one attached hydrogen (secondary N) is 1. The van der Waals surface area contributed by atoms with Crippen molar-refractivity contribution in [1.29, 1.82) is 0 Å². The summed E-state index contributed by atoms with van der Waals surface area (Å²) in [6.45, 7) is 1.89. The van der Waals surface area contributed by atoms with Crippen molar-refractivity contribution in [3.63, 3.8) is 0 Å². The van der Waals surface area contributed by atoms with E-state index in [0.717, 1.165) is 5.76 Å². The van der Waals surface area contributed by atoms with E-state index in [2.05, 4.69) is 5.32 Å². The highest BCUT2D eigenvalue weighted by Crippen LogP contribution is 2.22. The summed E-state index contributed by atoms with van der Waals surface area (Å²) >= 11 is 4.79. The highest BCUT2D eigenvalue weighted by atomic mass is 32.1. The van der Waals surface area contributed by atoms with Gasteiger partial charge in [0.15, 0.2) is 0 Å². The number of benzene rings is 1. The fraction of sp³-hybridized carbons (Fsp3) is 0.154. The molecule has 1 aromatic heterocycles. The SMILES string of the molecule is CC(Nc1ccc(C(N)=S)cc1F)c1ccco1. The van der Waals surface area contributed by atoms with Crippen molar-refractivity contribution in [3.8, 4) is 0 Å². The lowest BCUT2D eigenvalue weighted by Gasteiger charge is -2.14. The van der Waals surface area contributed by atoms with E-state index in [1.54, 1.807) is 24.5 Å². The first-order valence-electron chi connectivity index (χ1n) is 5.47. The fourth-order valence-electron chi connectivity index (χ4n) is 1.63. The van der Waals surface area contributed by atoms with E-state index in [4.69, 9.17) is 22.4 Å². The van der Waals surface area contributed by atoms with E-state index < -0.39 is 5.82 Å². The Morgan fingerprint density at radius 1 is 1.44 bits per heavy atom. The van der Waals surface area contributed by atoms with Crippen LogP contribution in [0.5, 0.6) is 0 Å². The van der Waals surface area contributed by atoms with E-state index >= 15 is 0 Å². The first kappa shape index (κ1) is 12.6. The van der Waals surface area contributed by atoms with Gasteiger partial charge in [0, 0.05) is 5.56 Å². The number of nitrogens with two attached hydrogens (primary N) is 1. The molecule has 2 aromatic rings. The molecule has 0 radical (unpaired) electrons. The molecule has 0 aliphatic rings.